The normalized spacial score (nSPS) is 21.6. The Balaban J connectivity index is 1.18. The number of ether oxygens (including phenoxy) is 2. The number of rotatable bonds is 5. The van der Waals surface area contributed by atoms with Gasteiger partial charge >= 0.3 is 0 Å². The number of amides is 1. The molecule has 3 aromatic rings. The van der Waals surface area contributed by atoms with Crippen molar-refractivity contribution < 1.29 is 23.6 Å². The van der Waals surface area contributed by atoms with E-state index in [2.05, 4.69) is 21.7 Å². The molecule has 1 aromatic carbocycles. The number of aromatic nitrogens is 1. The largest absolute Gasteiger partial charge is 0.455 e. The molecule has 10 heteroatoms. The maximum absolute atomic E-state index is 13.1. The molecule has 1 spiro atoms. The Hall–Kier alpha value is -3.47. The Kier molecular flexibility index (Phi) is 5.87. The molecular weight excluding hydrogens is 464 g/mol. The number of likely N-dealkylation sites (tertiary alicyclic amines) is 1. The first-order valence-electron chi connectivity index (χ1n) is 12.3. The van der Waals surface area contributed by atoms with Crippen LogP contribution in [0, 0.1) is 10.1 Å². The summed E-state index contributed by atoms with van der Waals surface area (Å²) in [6, 6.07) is 14.4. The number of nitro benzene ring substituents is 1. The van der Waals surface area contributed by atoms with Crippen LogP contribution in [0.25, 0.3) is 0 Å². The maximum atomic E-state index is 13.1. The van der Waals surface area contributed by atoms with Crippen molar-refractivity contribution in [2.24, 2.45) is 0 Å². The van der Waals surface area contributed by atoms with Crippen molar-refractivity contribution in [3.05, 3.63) is 87.6 Å². The van der Waals surface area contributed by atoms with Gasteiger partial charge < -0.3 is 23.4 Å². The van der Waals surface area contributed by atoms with E-state index in [9.17, 15) is 14.9 Å². The third kappa shape index (κ3) is 4.21. The number of piperidine rings is 1. The summed E-state index contributed by atoms with van der Waals surface area (Å²) in [7, 11) is 0. The average molecular weight is 493 g/mol. The van der Waals surface area contributed by atoms with Gasteiger partial charge in [0.15, 0.2) is 11.5 Å². The SMILES string of the molecule is O=C(c1ccc(CN2CCn3cccc3C2c2ccc([N+](=O)[O-])cc2)o1)N1CCC2(CC1)OCCO2. The van der Waals surface area contributed by atoms with Gasteiger partial charge in [0.05, 0.1) is 30.7 Å². The molecule has 3 aliphatic heterocycles. The summed E-state index contributed by atoms with van der Waals surface area (Å²) in [4.78, 5) is 27.9. The summed E-state index contributed by atoms with van der Waals surface area (Å²) in [6.45, 7) is 4.49. The van der Waals surface area contributed by atoms with E-state index in [1.165, 1.54) is 0 Å². The number of nitro groups is 1. The van der Waals surface area contributed by atoms with Gasteiger partial charge in [0.2, 0.25) is 0 Å². The quantitative estimate of drug-likeness (QED) is 0.396. The first-order chi connectivity index (χ1) is 17.5. The number of hydrogen-bond donors (Lipinski definition) is 0. The van der Waals surface area contributed by atoms with Crippen molar-refractivity contribution in [1.82, 2.24) is 14.4 Å². The van der Waals surface area contributed by atoms with E-state index >= 15 is 0 Å². The lowest BCUT2D eigenvalue weighted by atomic mass is 9.99. The first-order valence-corrected chi connectivity index (χ1v) is 12.3. The van der Waals surface area contributed by atoms with Crippen molar-refractivity contribution in [3.8, 4) is 0 Å². The Morgan fingerprint density at radius 2 is 1.75 bits per heavy atom. The minimum atomic E-state index is -0.524. The molecular formula is C26H28N4O6. The average Bonchev–Trinajstić information content (AvgIpc) is 3.66. The van der Waals surface area contributed by atoms with E-state index in [1.54, 1.807) is 23.1 Å². The van der Waals surface area contributed by atoms with Crippen LogP contribution < -0.4 is 0 Å². The molecule has 0 saturated carbocycles. The standard InChI is InChI=1S/C26H28N4O6/c31-25(28-12-9-26(10-13-28)34-16-17-35-26)23-8-7-21(36-23)18-29-15-14-27-11-1-2-22(27)24(29)19-3-5-20(6-4-19)30(32)33/h1-8,11,24H,9-10,12-18H2. The Morgan fingerprint density at radius 1 is 1.00 bits per heavy atom. The number of nitrogens with zero attached hydrogens (tertiary/aromatic N) is 4. The Morgan fingerprint density at radius 3 is 2.47 bits per heavy atom. The molecule has 188 valence electrons. The second kappa shape index (κ2) is 9.20. The first kappa shape index (κ1) is 23.0. The molecule has 2 saturated heterocycles. The molecule has 0 bridgehead atoms. The molecule has 2 aromatic heterocycles. The van der Waals surface area contributed by atoms with E-state index in [-0.39, 0.29) is 22.6 Å². The molecule has 10 nitrogen and oxygen atoms in total. The fourth-order valence-corrected chi connectivity index (χ4v) is 5.53. The van der Waals surface area contributed by atoms with Gasteiger partial charge in [0.1, 0.15) is 5.76 Å². The van der Waals surface area contributed by atoms with Crippen molar-refractivity contribution in [2.45, 2.75) is 37.8 Å². The Labute approximate surface area is 208 Å². The van der Waals surface area contributed by atoms with Crippen LogP contribution in [0.15, 0.2) is 59.1 Å². The van der Waals surface area contributed by atoms with Crippen LogP contribution in [-0.2, 0) is 22.6 Å². The van der Waals surface area contributed by atoms with Gasteiger partial charge in [-0.25, -0.2) is 0 Å². The second-order valence-electron chi connectivity index (χ2n) is 9.51. The van der Waals surface area contributed by atoms with Crippen molar-refractivity contribution in [2.75, 3.05) is 32.8 Å². The van der Waals surface area contributed by atoms with Crippen LogP contribution in [-0.4, -0.2) is 63.8 Å². The van der Waals surface area contributed by atoms with Crippen LogP contribution in [0.1, 0.15) is 46.5 Å². The van der Waals surface area contributed by atoms with Crippen LogP contribution in [0.3, 0.4) is 0 Å². The molecule has 36 heavy (non-hydrogen) atoms. The fraction of sp³-hybridized carbons (Fsp3) is 0.423. The van der Waals surface area contributed by atoms with Crippen LogP contribution >= 0.6 is 0 Å². The van der Waals surface area contributed by atoms with Crippen molar-refractivity contribution in [1.29, 1.82) is 0 Å². The molecule has 3 aliphatic rings. The summed E-state index contributed by atoms with van der Waals surface area (Å²) in [5.74, 6) is 0.403. The predicted molar refractivity (Wildman–Crippen MR) is 128 cm³/mol. The smallest absolute Gasteiger partial charge is 0.289 e. The highest BCUT2D eigenvalue weighted by Gasteiger charge is 2.41. The zero-order chi connectivity index (χ0) is 24.7. The van der Waals surface area contributed by atoms with E-state index in [0.717, 1.165) is 24.3 Å². The number of carbonyl (C=O) groups excluding carboxylic acids is 1. The zero-order valence-corrected chi connectivity index (χ0v) is 19.9. The molecule has 0 aliphatic carbocycles. The number of benzene rings is 1. The minimum absolute atomic E-state index is 0.0698. The highest BCUT2D eigenvalue weighted by Crippen LogP contribution is 2.35. The number of furan rings is 1. The van der Waals surface area contributed by atoms with Gasteiger partial charge in [0.25, 0.3) is 11.6 Å². The van der Waals surface area contributed by atoms with Gasteiger partial charge in [-0.1, -0.05) is 12.1 Å². The third-order valence-electron chi connectivity index (χ3n) is 7.42. The van der Waals surface area contributed by atoms with Crippen molar-refractivity contribution >= 4 is 11.6 Å². The molecule has 5 heterocycles. The van der Waals surface area contributed by atoms with Gasteiger partial charge in [0, 0.05) is 63.0 Å². The van der Waals surface area contributed by atoms with Crippen LogP contribution in [0.2, 0.25) is 0 Å². The summed E-state index contributed by atoms with van der Waals surface area (Å²) in [6.07, 6.45) is 3.38. The molecule has 1 atom stereocenters. The fourth-order valence-electron chi connectivity index (χ4n) is 5.53. The summed E-state index contributed by atoms with van der Waals surface area (Å²) in [5, 5.41) is 11.1. The van der Waals surface area contributed by atoms with E-state index < -0.39 is 5.79 Å². The van der Waals surface area contributed by atoms with Gasteiger partial charge in [-0.3, -0.25) is 19.8 Å². The van der Waals surface area contributed by atoms with Gasteiger partial charge in [-0.05, 0) is 29.8 Å². The summed E-state index contributed by atoms with van der Waals surface area (Å²) in [5.41, 5.74) is 2.17. The lowest BCUT2D eigenvalue weighted by Crippen LogP contribution is -2.47. The van der Waals surface area contributed by atoms with Gasteiger partial charge in [-0.2, -0.15) is 0 Å². The van der Waals surface area contributed by atoms with Gasteiger partial charge in [-0.15, -0.1) is 0 Å². The second-order valence-corrected chi connectivity index (χ2v) is 9.51. The minimum Gasteiger partial charge on any atom is -0.455 e. The highest BCUT2D eigenvalue weighted by atomic mass is 16.7. The molecule has 0 N–H and O–H groups in total. The highest BCUT2D eigenvalue weighted by molar-refractivity contribution is 5.91. The van der Waals surface area contributed by atoms with E-state index in [4.69, 9.17) is 13.9 Å². The predicted octanol–water partition coefficient (Wildman–Crippen LogP) is 3.57. The maximum Gasteiger partial charge on any atom is 0.289 e. The summed E-state index contributed by atoms with van der Waals surface area (Å²) < 4.78 is 19.8. The molecule has 1 amide bonds. The molecule has 2 fully saturated rings. The number of hydrogen-bond acceptors (Lipinski definition) is 7. The van der Waals surface area contributed by atoms with E-state index in [0.29, 0.717) is 57.2 Å². The third-order valence-corrected chi connectivity index (χ3v) is 7.42. The number of fused-ring (bicyclic) bond motifs is 1. The zero-order valence-electron chi connectivity index (χ0n) is 19.9. The topological polar surface area (TPSA) is 103 Å². The number of non-ortho nitro benzene ring substituents is 1. The molecule has 6 rings (SSSR count). The van der Waals surface area contributed by atoms with E-state index in [1.807, 2.05) is 24.3 Å². The van der Waals surface area contributed by atoms with Crippen LogP contribution in [0.5, 0.6) is 0 Å². The lowest BCUT2D eigenvalue weighted by Gasteiger charge is -2.37. The number of carbonyl (C=O) groups is 1. The monoisotopic (exact) mass is 492 g/mol. The molecule has 1 unspecified atom stereocenters. The molecule has 0 radical (unpaired) electrons. The summed E-state index contributed by atoms with van der Waals surface area (Å²) >= 11 is 0. The Bertz CT molecular complexity index is 1250. The lowest BCUT2D eigenvalue weighted by molar-refractivity contribution is -0.384. The van der Waals surface area contributed by atoms with Crippen LogP contribution in [0.4, 0.5) is 5.69 Å². The van der Waals surface area contributed by atoms with Crippen molar-refractivity contribution in [3.63, 3.8) is 0 Å².